The summed E-state index contributed by atoms with van der Waals surface area (Å²) in [6.07, 6.45) is -10.1. The zero-order valence-corrected chi connectivity index (χ0v) is 16.2. The minimum atomic E-state index is -6.33. The summed E-state index contributed by atoms with van der Waals surface area (Å²) in [6, 6.07) is 3.60. The van der Waals surface area contributed by atoms with Gasteiger partial charge in [0, 0.05) is 18.8 Å². The lowest BCUT2D eigenvalue weighted by atomic mass is 10.1. The zero-order valence-electron chi connectivity index (χ0n) is 15.4. The van der Waals surface area contributed by atoms with Crippen LogP contribution in [0.2, 0.25) is 5.02 Å². The highest BCUT2D eigenvalue weighted by Gasteiger charge is 2.64. The van der Waals surface area contributed by atoms with Crippen molar-refractivity contribution >= 4 is 17.6 Å². The molecule has 3 aromatic rings. The molecule has 1 N–H and O–H groups in total. The molecule has 2 aromatic heterocycles. The van der Waals surface area contributed by atoms with Crippen molar-refractivity contribution in [3.63, 3.8) is 0 Å². The molecule has 0 saturated heterocycles. The Kier molecular flexibility index (Phi) is 5.48. The number of hydrogen-bond acceptors (Lipinski definition) is 3. The van der Waals surface area contributed by atoms with Crippen LogP contribution in [0.1, 0.15) is 21.6 Å². The number of hydrogen-bond donors (Lipinski definition) is 1. The Morgan fingerprint density at radius 2 is 1.69 bits per heavy atom. The molecule has 2 heterocycles. The maximum Gasteiger partial charge on any atom is 0.459 e. The summed E-state index contributed by atoms with van der Waals surface area (Å²) in [6.45, 7) is 0. The van der Waals surface area contributed by atoms with E-state index in [1.807, 2.05) is 0 Å². The molecule has 0 aliphatic rings. The molecule has 32 heavy (non-hydrogen) atoms. The molecule has 0 atom stereocenters. The van der Waals surface area contributed by atoms with Crippen LogP contribution in [0.25, 0.3) is 16.9 Å². The first-order chi connectivity index (χ1) is 14.6. The van der Waals surface area contributed by atoms with Crippen LogP contribution < -0.4 is 0 Å². The first-order valence-corrected chi connectivity index (χ1v) is 8.61. The van der Waals surface area contributed by atoms with Crippen molar-refractivity contribution in [3.8, 4) is 16.9 Å². The summed E-state index contributed by atoms with van der Waals surface area (Å²) in [5.74, 6) is -8.49. The second-order valence-corrected chi connectivity index (χ2v) is 6.82. The summed E-state index contributed by atoms with van der Waals surface area (Å²) in [5.41, 5.74) is -5.01. The van der Waals surface area contributed by atoms with Crippen LogP contribution in [0.5, 0.6) is 0 Å². The fourth-order valence-corrected chi connectivity index (χ4v) is 3.05. The first-order valence-electron chi connectivity index (χ1n) is 8.23. The van der Waals surface area contributed by atoms with Gasteiger partial charge < -0.3 is 5.11 Å². The molecule has 0 spiro atoms. The molecule has 0 aliphatic carbocycles. The van der Waals surface area contributed by atoms with E-state index in [1.54, 1.807) is 0 Å². The highest BCUT2D eigenvalue weighted by atomic mass is 35.5. The number of carboxylic acid groups (broad SMARTS) is 1. The molecule has 172 valence electrons. The number of aryl methyl sites for hydroxylation is 1. The van der Waals surface area contributed by atoms with Gasteiger partial charge in [-0.1, -0.05) is 17.7 Å². The monoisotopic (exact) mass is 488 g/mol. The van der Waals surface area contributed by atoms with Crippen molar-refractivity contribution in [2.24, 2.45) is 7.05 Å². The summed E-state index contributed by atoms with van der Waals surface area (Å²) in [4.78, 5) is 11.2. The van der Waals surface area contributed by atoms with E-state index < -0.39 is 41.3 Å². The van der Waals surface area contributed by atoms with Gasteiger partial charge in [0.25, 0.3) is 0 Å². The van der Waals surface area contributed by atoms with Crippen LogP contribution in [-0.2, 0) is 19.1 Å². The summed E-state index contributed by atoms with van der Waals surface area (Å²) >= 11 is 5.75. The van der Waals surface area contributed by atoms with Gasteiger partial charge in [-0.3, -0.25) is 0 Å². The lowest BCUT2D eigenvalue weighted by molar-refractivity contribution is -0.292. The van der Waals surface area contributed by atoms with Crippen molar-refractivity contribution < 1.29 is 45.0 Å². The predicted molar refractivity (Wildman–Crippen MR) is 92.7 cm³/mol. The molecule has 0 amide bonds. The van der Waals surface area contributed by atoms with E-state index in [0.717, 1.165) is 25.5 Å². The summed E-state index contributed by atoms with van der Waals surface area (Å²) < 4.78 is 107. The molecule has 15 heteroatoms. The molecule has 6 nitrogen and oxygen atoms in total. The molecule has 0 unspecified atom stereocenters. The molecule has 0 radical (unpaired) electrons. The number of aromatic carboxylic acids is 1. The highest BCUT2D eigenvalue weighted by molar-refractivity contribution is 6.33. The smallest absolute Gasteiger partial charge is 0.459 e. The van der Waals surface area contributed by atoms with Crippen LogP contribution >= 0.6 is 11.6 Å². The van der Waals surface area contributed by atoms with Crippen LogP contribution in [0, 0.1) is 0 Å². The molecule has 0 aliphatic heterocycles. The fraction of sp³-hybridized carbons (Fsp3) is 0.235. The van der Waals surface area contributed by atoms with Gasteiger partial charge in [-0.05, 0) is 17.7 Å². The quantitative estimate of drug-likeness (QED) is 0.506. The van der Waals surface area contributed by atoms with Crippen LogP contribution in [-0.4, -0.2) is 36.8 Å². The van der Waals surface area contributed by atoms with E-state index in [4.69, 9.17) is 16.7 Å². The van der Waals surface area contributed by atoms with Gasteiger partial charge in [-0.25, -0.2) is 14.2 Å². The van der Waals surface area contributed by atoms with Crippen LogP contribution in [0.3, 0.4) is 0 Å². The SMILES string of the molecule is Cn1nc(C(F)(F)C(F)(F)F)c(C(F)(F)F)c1-n1cc(-c2ccc(Cl)c(C(=O)O)c2)cn1. The summed E-state index contributed by atoms with van der Waals surface area (Å²) in [7, 11) is 0.743. The molecule has 0 fully saturated rings. The molecule has 1 aromatic carbocycles. The van der Waals surface area contributed by atoms with Crippen molar-refractivity contribution in [2.45, 2.75) is 18.3 Å². The van der Waals surface area contributed by atoms with Gasteiger partial charge in [-0.15, -0.1) is 0 Å². The lowest BCUT2D eigenvalue weighted by Crippen LogP contribution is -2.36. The Morgan fingerprint density at radius 3 is 2.22 bits per heavy atom. The average molecular weight is 489 g/mol. The van der Waals surface area contributed by atoms with Crippen LogP contribution in [0.4, 0.5) is 35.1 Å². The van der Waals surface area contributed by atoms with Gasteiger partial charge in [-0.2, -0.15) is 45.3 Å². The predicted octanol–water partition coefficient (Wildman–Crippen LogP) is 5.30. The van der Waals surface area contributed by atoms with Gasteiger partial charge in [0.05, 0.1) is 16.8 Å². The largest absolute Gasteiger partial charge is 0.478 e. The third-order valence-corrected chi connectivity index (χ3v) is 4.61. The number of halogens is 9. The highest BCUT2D eigenvalue weighted by Crippen LogP contribution is 2.49. The van der Waals surface area contributed by atoms with Crippen molar-refractivity contribution in [2.75, 3.05) is 0 Å². The minimum absolute atomic E-state index is 0.0302. The third-order valence-electron chi connectivity index (χ3n) is 4.28. The maximum atomic E-state index is 13.8. The van der Waals surface area contributed by atoms with E-state index in [2.05, 4.69) is 10.2 Å². The molecule has 3 rings (SSSR count). The normalized spacial score (nSPS) is 12.9. The van der Waals surface area contributed by atoms with Gasteiger partial charge >= 0.3 is 24.2 Å². The van der Waals surface area contributed by atoms with Gasteiger partial charge in [0.2, 0.25) is 0 Å². The number of aromatic nitrogens is 4. The lowest BCUT2D eigenvalue weighted by Gasteiger charge is -2.19. The van der Waals surface area contributed by atoms with Crippen molar-refractivity contribution in [3.05, 3.63) is 52.4 Å². The minimum Gasteiger partial charge on any atom is -0.478 e. The van der Waals surface area contributed by atoms with E-state index in [-0.39, 0.29) is 26.4 Å². The maximum absolute atomic E-state index is 13.8. The molecular formula is C17H9ClF8N4O2. The Balaban J connectivity index is 2.20. The standard InChI is InChI=1S/C17H9ClF8N4O2/c1-29-13(11(16(21,22)23)12(28-29)15(19,20)17(24,25)26)30-6-8(5-27-30)7-2-3-10(18)9(4-7)14(31)32/h2-6H,1H3,(H,31,32). The Hall–Kier alpha value is -3.16. The van der Waals surface area contributed by atoms with Gasteiger partial charge in [0.1, 0.15) is 5.56 Å². The molecule has 0 bridgehead atoms. The fourth-order valence-electron chi connectivity index (χ4n) is 2.85. The second-order valence-electron chi connectivity index (χ2n) is 6.41. The van der Waals surface area contributed by atoms with E-state index in [0.29, 0.717) is 4.68 Å². The average Bonchev–Trinajstić information content (AvgIpc) is 3.25. The molecular weight excluding hydrogens is 480 g/mol. The number of rotatable bonds is 4. The van der Waals surface area contributed by atoms with Crippen LogP contribution in [0.15, 0.2) is 30.6 Å². The Bertz CT molecular complexity index is 1200. The topological polar surface area (TPSA) is 72.9 Å². The van der Waals surface area contributed by atoms with Crippen molar-refractivity contribution in [1.29, 1.82) is 0 Å². The number of carboxylic acids is 1. The zero-order chi connectivity index (χ0) is 24.2. The summed E-state index contributed by atoms with van der Waals surface area (Å²) in [5, 5.41) is 15.4. The van der Waals surface area contributed by atoms with E-state index >= 15 is 0 Å². The second kappa shape index (κ2) is 7.46. The number of benzene rings is 1. The number of nitrogens with zero attached hydrogens (tertiary/aromatic N) is 4. The third kappa shape index (κ3) is 3.89. The molecule has 0 saturated carbocycles. The Labute approximate surface area is 177 Å². The number of alkyl halides is 8. The van der Waals surface area contributed by atoms with Crippen molar-refractivity contribution in [1.82, 2.24) is 19.6 Å². The van der Waals surface area contributed by atoms with E-state index in [1.165, 1.54) is 12.1 Å². The number of carbonyl (C=O) groups is 1. The first kappa shape index (κ1) is 23.5. The van der Waals surface area contributed by atoms with Gasteiger partial charge in [0.15, 0.2) is 11.5 Å². The Morgan fingerprint density at radius 1 is 1.06 bits per heavy atom. The van der Waals surface area contributed by atoms with E-state index in [9.17, 15) is 39.9 Å².